The van der Waals surface area contributed by atoms with Crippen LogP contribution in [0.15, 0.2) is 24.3 Å². The van der Waals surface area contributed by atoms with Crippen molar-refractivity contribution in [1.29, 1.82) is 0 Å². The zero-order chi connectivity index (χ0) is 18.4. The molecular weight excluding hydrogens is 320 g/mol. The van der Waals surface area contributed by atoms with Gasteiger partial charge in [0.25, 0.3) is 5.91 Å². The summed E-state index contributed by atoms with van der Waals surface area (Å²) in [6.07, 6.45) is 2.20. The Morgan fingerprint density at radius 1 is 1.36 bits per heavy atom. The van der Waals surface area contributed by atoms with E-state index in [4.69, 9.17) is 9.47 Å². The van der Waals surface area contributed by atoms with Crippen molar-refractivity contribution in [3.8, 4) is 5.75 Å². The summed E-state index contributed by atoms with van der Waals surface area (Å²) in [4.78, 5) is 25.9. The fourth-order valence-corrected chi connectivity index (χ4v) is 2.65. The fourth-order valence-electron chi connectivity index (χ4n) is 2.65. The van der Waals surface area contributed by atoms with Crippen molar-refractivity contribution < 1.29 is 19.1 Å². The lowest BCUT2D eigenvalue weighted by Gasteiger charge is -2.23. The number of carbonyl (C=O) groups is 2. The average Bonchev–Trinajstić information content (AvgIpc) is 3.04. The van der Waals surface area contributed by atoms with E-state index in [1.807, 2.05) is 26.8 Å². The molecule has 0 radical (unpaired) electrons. The monoisotopic (exact) mass is 348 g/mol. The first-order valence-electron chi connectivity index (χ1n) is 8.65. The van der Waals surface area contributed by atoms with Crippen molar-refractivity contribution in [3.63, 3.8) is 0 Å². The number of carbonyl (C=O) groups excluding carboxylic acids is 2. The first-order chi connectivity index (χ1) is 11.7. The van der Waals surface area contributed by atoms with Gasteiger partial charge >= 0.3 is 0 Å². The molecule has 138 valence electrons. The lowest BCUT2D eigenvalue weighted by atomic mass is 10.1. The Morgan fingerprint density at radius 2 is 2.12 bits per heavy atom. The van der Waals surface area contributed by atoms with E-state index in [9.17, 15) is 9.59 Å². The standard InChI is InChI=1S/C19H28N2O4/c1-19(2,3)20-17(22)12-21(4)18(23)14-7-5-8-15(11-14)25-13-16-9-6-10-24-16/h5,7-8,11,16H,6,9-10,12-13H2,1-4H3,(H,20,22). The second-order valence-corrected chi connectivity index (χ2v) is 7.43. The molecule has 1 unspecified atom stereocenters. The SMILES string of the molecule is CN(CC(=O)NC(C)(C)C)C(=O)c1cccc(OCC2CCCO2)c1. The first-order valence-corrected chi connectivity index (χ1v) is 8.65. The molecule has 0 aromatic heterocycles. The van der Waals surface area contributed by atoms with E-state index < -0.39 is 0 Å². The third-order valence-electron chi connectivity index (χ3n) is 3.78. The van der Waals surface area contributed by atoms with Crippen LogP contribution in [0.3, 0.4) is 0 Å². The topological polar surface area (TPSA) is 67.9 Å². The Labute approximate surface area is 149 Å². The molecule has 1 aliphatic rings. The van der Waals surface area contributed by atoms with Gasteiger partial charge in [-0.15, -0.1) is 0 Å². The van der Waals surface area contributed by atoms with Crippen molar-refractivity contribution >= 4 is 11.8 Å². The van der Waals surface area contributed by atoms with Gasteiger partial charge < -0.3 is 19.7 Å². The molecule has 1 fully saturated rings. The summed E-state index contributed by atoms with van der Waals surface area (Å²) in [5.41, 5.74) is 0.174. The molecule has 2 amide bonds. The van der Waals surface area contributed by atoms with Gasteiger partial charge in [-0.25, -0.2) is 0 Å². The summed E-state index contributed by atoms with van der Waals surface area (Å²) >= 11 is 0. The molecule has 1 aliphatic heterocycles. The summed E-state index contributed by atoms with van der Waals surface area (Å²) in [5, 5.41) is 2.85. The van der Waals surface area contributed by atoms with Crippen molar-refractivity contribution in [2.45, 2.75) is 45.3 Å². The van der Waals surface area contributed by atoms with Crippen LogP contribution in [-0.2, 0) is 9.53 Å². The minimum Gasteiger partial charge on any atom is -0.491 e. The van der Waals surface area contributed by atoms with E-state index in [1.165, 1.54) is 4.90 Å². The fraction of sp³-hybridized carbons (Fsp3) is 0.579. The van der Waals surface area contributed by atoms with E-state index in [2.05, 4.69) is 5.32 Å². The molecule has 1 aromatic rings. The minimum absolute atomic E-state index is 0.0110. The van der Waals surface area contributed by atoms with Crippen LogP contribution in [0.2, 0.25) is 0 Å². The predicted octanol–water partition coefficient (Wildman–Crippen LogP) is 2.23. The average molecular weight is 348 g/mol. The molecule has 6 nitrogen and oxygen atoms in total. The molecule has 0 spiro atoms. The number of ether oxygens (including phenoxy) is 2. The Kier molecular flexibility index (Phi) is 6.42. The quantitative estimate of drug-likeness (QED) is 0.856. The highest BCUT2D eigenvalue weighted by Gasteiger charge is 2.20. The Balaban J connectivity index is 1.91. The van der Waals surface area contributed by atoms with E-state index in [0.29, 0.717) is 17.9 Å². The van der Waals surface area contributed by atoms with E-state index >= 15 is 0 Å². The van der Waals surface area contributed by atoms with Gasteiger partial charge in [-0.1, -0.05) is 6.07 Å². The highest BCUT2D eigenvalue weighted by atomic mass is 16.5. The smallest absolute Gasteiger partial charge is 0.254 e. The lowest BCUT2D eigenvalue weighted by Crippen LogP contribution is -2.46. The predicted molar refractivity (Wildman–Crippen MR) is 95.8 cm³/mol. The summed E-state index contributed by atoms with van der Waals surface area (Å²) < 4.78 is 11.3. The van der Waals surface area contributed by atoms with Crippen molar-refractivity contribution in [2.75, 3.05) is 26.8 Å². The molecule has 1 heterocycles. The van der Waals surface area contributed by atoms with Gasteiger partial charge in [0.05, 0.1) is 12.6 Å². The van der Waals surface area contributed by atoms with Crippen LogP contribution in [0.4, 0.5) is 0 Å². The van der Waals surface area contributed by atoms with E-state index in [-0.39, 0.29) is 30.0 Å². The summed E-state index contributed by atoms with van der Waals surface area (Å²) in [6.45, 7) is 7.00. The maximum atomic E-state index is 12.5. The summed E-state index contributed by atoms with van der Waals surface area (Å²) in [6, 6.07) is 7.02. The molecule has 0 aliphatic carbocycles. The molecule has 1 aromatic carbocycles. The van der Waals surface area contributed by atoms with Gasteiger partial charge in [0, 0.05) is 24.8 Å². The third-order valence-corrected chi connectivity index (χ3v) is 3.78. The number of rotatable bonds is 6. The highest BCUT2D eigenvalue weighted by molar-refractivity contribution is 5.96. The number of hydrogen-bond donors (Lipinski definition) is 1. The number of benzene rings is 1. The summed E-state index contributed by atoms with van der Waals surface area (Å²) in [5.74, 6) is 0.231. The minimum atomic E-state index is -0.322. The molecule has 0 saturated carbocycles. The van der Waals surface area contributed by atoms with Gasteiger partial charge in [-0.2, -0.15) is 0 Å². The molecule has 1 atom stereocenters. The maximum absolute atomic E-state index is 12.5. The third kappa shape index (κ3) is 6.38. The number of nitrogens with zero attached hydrogens (tertiary/aromatic N) is 1. The first kappa shape index (κ1) is 19.2. The number of hydrogen-bond acceptors (Lipinski definition) is 4. The lowest BCUT2D eigenvalue weighted by molar-refractivity contribution is -0.122. The second-order valence-electron chi connectivity index (χ2n) is 7.43. The van der Waals surface area contributed by atoms with Crippen LogP contribution >= 0.6 is 0 Å². The van der Waals surface area contributed by atoms with Crippen LogP contribution in [0.1, 0.15) is 44.0 Å². The van der Waals surface area contributed by atoms with E-state index in [1.54, 1.807) is 25.2 Å². The Morgan fingerprint density at radius 3 is 2.76 bits per heavy atom. The Hall–Kier alpha value is -2.08. The van der Waals surface area contributed by atoms with Crippen LogP contribution in [-0.4, -0.2) is 55.2 Å². The van der Waals surface area contributed by atoms with Gasteiger partial charge in [-0.3, -0.25) is 9.59 Å². The Bertz CT molecular complexity index is 604. The molecule has 6 heteroatoms. The van der Waals surface area contributed by atoms with E-state index in [0.717, 1.165) is 19.4 Å². The second kappa shape index (κ2) is 8.34. The molecule has 25 heavy (non-hydrogen) atoms. The number of nitrogens with one attached hydrogen (secondary N) is 1. The van der Waals surface area contributed by atoms with Crippen LogP contribution in [0.25, 0.3) is 0 Å². The van der Waals surface area contributed by atoms with Crippen LogP contribution < -0.4 is 10.1 Å². The van der Waals surface area contributed by atoms with Crippen LogP contribution in [0, 0.1) is 0 Å². The largest absolute Gasteiger partial charge is 0.491 e. The number of likely N-dealkylation sites (N-methyl/N-ethyl adjacent to an activating group) is 1. The van der Waals surface area contributed by atoms with Crippen molar-refractivity contribution in [1.82, 2.24) is 10.2 Å². The molecule has 2 rings (SSSR count). The zero-order valence-corrected chi connectivity index (χ0v) is 15.5. The van der Waals surface area contributed by atoms with Gasteiger partial charge in [0.1, 0.15) is 12.4 Å². The number of amides is 2. The van der Waals surface area contributed by atoms with Crippen molar-refractivity contribution in [3.05, 3.63) is 29.8 Å². The van der Waals surface area contributed by atoms with Crippen LogP contribution in [0.5, 0.6) is 5.75 Å². The maximum Gasteiger partial charge on any atom is 0.254 e. The van der Waals surface area contributed by atoms with Crippen molar-refractivity contribution in [2.24, 2.45) is 0 Å². The summed E-state index contributed by atoms with van der Waals surface area (Å²) in [7, 11) is 1.62. The highest BCUT2D eigenvalue weighted by Crippen LogP contribution is 2.18. The molecule has 0 bridgehead atoms. The zero-order valence-electron chi connectivity index (χ0n) is 15.5. The normalized spacial score (nSPS) is 17.2. The van der Waals surface area contributed by atoms with Gasteiger partial charge in [0.2, 0.25) is 5.91 Å². The van der Waals surface area contributed by atoms with Gasteiger partial charge in [-0.05, 0) is 51.8 Å². The molecule has 1 N–H and O–H groups in total. The molecular formula is C19H28N2O4. The molecule has 1 saturated heterocycles. The van der Waals surface area contributed by atoms with Gasteiger partial charge in [0.15, 0.2) is 0 Å².